The lowest BCUT2D eigenvalue weighted by atomic mass is 9.87. The van der Waals surface area contributed by atoms with Gasteiger partial charge in [0.1, 0.15) is 17.9 Å². The highest BCUT2D eigenvalue weighted by Gasteiger charge is 2.54. The molecular formula is C19H22N2O5. The van der Waals surface area contributed by atoms with Crippen LogP contribution >= 0.6 is 0 Å². The Morgan fingerprint density at radius 3 is 2.58 bits per heavy atom. The predicted molar refractivity (Wildman–Crippen MR) is 91.7 cm³/mol. The van der Waals surface area contributed by atoms with Gasteiger partial charge in [0.25, 0.3) is 5.91 Å². The molecule has 1 saturated heterocycles. The van der Waals surface area contributed by atoms with Gasteiger partial charge in [0.05, 0.1) is 13.7 Å². The van der Waals surface area contributed by atoms with E-state index in [1.165, 1.54) is 4.90 Å². The second kappa shape index (κ2) is 5.28. The van der Waals surface area contributed by atoms with Crippen molar-refractivity contribution in [3.63, 3.8) is 0 Å². The predicted octanol–water partition coefficient (Wildman–Crippen LogP) is 1.97. The molecule has 3 amide bonds. The van der Waals surface area contributed by atoms with Crippen molar-refractivity contribution in [1.82, 2.24) is 10.2 Å². The second-order valence-electron chi connectivity index (χ2n) is 7.78. The molecule has 2 heterocycles. The Labute approximate surface area is 151 Å². The quantitative estimate of drug-likeness (QED) is 0.833. The highest BCUT2D eigenvalue weighted by atomic mass is 16.5. The first-order chi connectivity index (χ1) is 12.5. The number of nitrogens with one attached hydrogen (secondary N) is 1. The smallest absolute Gasteiger partial charge is 0.325 e. The van der Waals surface area contributed by atoms with E-state index < -0.39 is 6.04 Å². The fourth-order valence-corrected chi connectivity index (χ4v) is 4.27. The maximum atomic E-state index is 12.1. The van der Waals surface area contributed by atoms with Crippen molar-refractivity contribution in [3.05, 3.63) is 17.7 Å². The molecule has 0 unspecified atom stereocenters. The zero-order valence-corrected chi connectivity index (χ0v) is 14.9. The highest BCUT2D eigenvalue weighted by molar-refractivity contribution is 6.04. The van der Waals surface area contributed by atoms with Crippen LogP contribution in [-0.4, -0.2) is 48.7 Å². The van der Waals surface area contributed by atoms with Crippen molar-refractivity contribution in [2.75, 3.05) is 13.7 Å². The van der Waals surface area contributed by atoms with Crippen LogP contribution in [0.25, 0.3) is 0 Å². The molecule has 2 aliphatic heterocycles. The third-order valence-corrected chi connectivity index (χ3v) is 6.08. The minimum Gasteiger partial charge on any atom is -0.493 e. The van der Waals surface area contributed by atoms with E-state index in [0.717, 1.165) is 35.7 Å². The molecule has 0 radical (unpaired) electrons. The third kappa shape index (κ3) is 2.12. The Balaban J connectivity index is 1.32. The Kier molecular flexibility index (Phi) is 3.21. The average Bonchev–Trinajstić information content (AvgIpc) is 3.20. The Morgan fingerprint density at radius 1 is 1.23 bits per heavy atom. The van der Waals surface area contributed by atoms with Gasteiger partial charge < -0.3 is 19.5 Å². The lowest BCUT2D eigenvalue weighted by Crippen LogP contribution is -2.52. The molecule has 1 atom stereocenters. The number of carbonyl (C=O) groups is 2. The molecule has 7 heteroatoms. The molecule has 0 bridgehead atoms. The SMILES string of the molecule is COc1ccc(OC2CC(N3C(=O)N[C@H](C)C3=O)C2)c2c1OCC21CC1. The summed E-state index contributed by atoms with van der Waals surface area (Å²) >= 11 is 0. The van der Waals surface area contributed by atoms with Crippen LogP contribution in [0.1, 0.15) is 38.2 Å². The lowest BCUT2D eigenvalue weighted by Gasteiger charge is -2.39. The average molecular weight is 358 g/mol. The standard InChI is InChI=1S/C19H22N2O5/c1-10-17(22)21(18(23)20-10)11-7-12(8-11)26-13-3-4-14(24-2)16-15(13)19(5-6-19)9-25-16/h3-4,10-12H,5-9H2,1-2H3,(H,20,23)/t10-,11?,12?/m1/s1. The maximum absolute atomic E-state index is 12.1. The number of carbonyl (C=O) groups excluding carboxylic acids is 2. The summed E-state index contributed by atoms with van der Waals surface area (Å²) in [7, 11) is 1.65. The van der Waals surface area contributed by atoms with Crippen molar-refractivity contribution >= 4 is 11.9 Å². The van der Waals surface area contributed by atoms with Gasteiger partial charge in [-0.05, 0) is 31.9 Å². The highest BCUT2D eigenvalue weighted by Crippen LogP contribution is 2.61. The van der Waals surface area contributed by atoms with Gasteiger partial charge in [0, 0.05) is 29.9 Å². The van der Waals surface area contributed by atoms with Crippen LogP contribution in [0, 0.1) is 0 Å². The van der Waals surface area contributed by atoms with Crippen LogP contribution in [0.4, 0.5) is 4.79 Å². The van der Waals surface area contributed by atoms with Gasteiger partial charge >= 0.3 is 6.03 Å². The molecular weight excluding hydrogens is 336 g/mol. The van der Waals surface area contributed by atoms with E-state index in [1.807, 2.05) is 12.1 Å². The first-order valence-corrected chi connectivity index (χ1v) is 9.17. The third-order valence-electron chi connectivity index (χ3n) is 6.08. The first kappa shape index (κ1) is 15.8. The normalized spacial score (nSPS) is 30.5. The van der Waals surface area contributed by atoms with Crippen LogP contribution in [-0.2, 0) is 10.2 Å². The van der Waals surface area contributed by atoms with E-state index in [4.69, 9.17) is 14.2 Å². The first-order valence-electron chi connectivity index (χ1n) is 9.17. The van der Waals surface area contributed by atoms with Gasteiger partial charge in [-0.25, -0.2) is 4.79 Å². The summed E-state index contributed by atoms with van der Waals surface area (Å²) in [5.41, 5.74) is 1.21. The summed E-state index contributed by atoms with van der Waals surface area (Å²) in [4.78, 5) is 25.4. The largest absolute Gasteiger partial charge is 0.493 e. The number of urea groups is 1. The fraction of sp³-hybridized carbons (Fsp3) is 0.579. The summed E-state index contributed by atoms with van der Waals surface area (Å²) in [6.07, 6.45) is 3.56. The number of rotatable bonds is 4. The second-order valence-corrected chi connectivity index (χ2v) is 7.78. The van der Waals surface area contributed by atoms with E-state index in [-0.39, 0.29) is 29.5 Å². The molecule has 1 N–H and O–H groups in total. The lowest BCUT2D eigenvalue weighted by molar-refractivity contribution is -0.131. The molecule has 2 saturated carbocycles. The summed E-state index contributed by atoms with van der Waals surface area (Å²) < 4.78 is 17.6. The molecule has 7 nitrogen and oxygen atoms in total. The van der Waals surface area contributed by atoms with E-state index >= 15 is 0 Å². The summed E-state index contributed by atoms with van der Waals surface area (Å²) in [5.74, 6) is 2.26. The van der Waals surface area contributed by atoms with E-state index in [0.29, 0.717) is 19.4 Å². The molecule has 0 aromatic heterocycles. The molecule has 5 rings (SSSR count). The summed E-state index contributed by atoms with van der Waals surface area (Å²) in [5, 5.41) is 2.66. The van der Waals surface area contributed by atoms with E-state index in [9.17, 15) is 9.59 Å². The van der Waals surface area contributed by atoms with Crippen molar-refractivity contribution in [2.24, 2.45) is 0 Å². The van der Waals surface area contributed by atoms with Gasteiger partial charge in [-0.1, -0.05) is 0 Å². The van der Waals surface area contributed by atoms with Crippen molar-refractivity contribution in [3.8, 4) is 17.2 Å². The molecule has 138 valence electrons. The molecule has 1 spiro atoms. The van der Waals surface area contributed by atoms with Gasteiger partial charge in [0.2, 0.25) is 0 Å². The van der Waals surface area contributed by atoms with Gasteiger partial charge in [-0.15, -0.1) is 0 Å². The number of hydrogen-bond acceptors (Lipinski definition) is 5. The Morgan fingerprint density at radius 2 is 1.96 bits per heavy atom. The zero-order chi connectivity index (χ0) is 18.1. The number of nitrogens with zero attached hydrogens (tertiary/aromatic N) is 1. The maximum Gasteiger partial charge on any atom is 0.325 e. The molecule has 26 heavy (non-hydrogen) atoms. The molecule has 3 fully saturated rings. The minimum atomic E-state index is -0.431. The number of methoxy groups -OCH3 is 1. The molecule has 2 aliphatic carbocycles. The van der Waals surface area contributed by atoms with Gasteiger partial charge in [-0.3, -0.25) is 9.69 Å². The number of fused-ring (bicyclic) bond motifs is 2. The van der Waals surface area contributed by atoms with Crippen molar-refractivity contribution in [1.29, 1.82) is 0 Å². The fourth-order valence-electron chi connectivity index (χ4n) is 4.27. The molecule has 1 aromatic rings. The van der Waals surface area contributed by atoms with E-state index in [2.05, 4.69) is 5.32 Å². The Bertz CT molecular complexity index is 797. The molecule has 4 aliphatic rings. The minimum absolute atomic E-state index is 0.00500. The summed E-state index contributed by atoms with van der Waals surface area (Å²) in [6.45, 7) is 2.40. The van der Waals surface area contributed by atoms with Crippen LogP contribution in [0.15, 0.2) is 12.1 Å². The summed E-state index contributed by atoms with van der Waals surface area (Å²) in [6, 6.07) is 3.04. The van der Waals surface area contributed by atoms with E-state index in [1.54, 1.807) is 14.0 Å². The number of amides is 3. The number of benzene rings is 1. The van der Waals surface area contributed by atoms with Crippen LogP contribution < -0.4 is 19.5 Å². The Hall–Kier alpha value is -2.44. The zero-order valence-electron chi connectivity index (χ0n) is 14.9. The topological polar surface area (TPSA) is 77.1 Å². The van der Waals surface area contributed by atoms with Crippen LogP contribution in [0.3, 0.4) is 0 Å². The number of ether oxygens (including phenoxy) is 3. The monoisotopic (exact) mass is 358 g/mol. The van der Waals surface area contributed by atoms with Crippen LogP contribution in [0.2, 0.25) is 0 Å². The van der Waals surface area contributed by atoms with Crippen molar-refractivity contribution in [2.45, 2.75) is 56.2 Å². The number of imide groups is 1. The molecule has 1 aromatic carbocycles. The van der Waals surface area contributed by atoms with Crippen LogP contribution in [0.5, 0.6) is 17.2 Å². The van der Waals surface area contributed by atoms with Gasteiger partial charge in [0.15, 0.2) is 11.5 Å². The van der Waals surface area contributed by atoms with Gasteiger partial charge in [-0.2, -0.15) is 0 Å². The van der Waals surface area contributed by atoms with Crippen molar-refractivity contribution < 1.29 is 23.8 Å². The number of hydrogen-bond donors (Lipinski definition) is 1.